The summed E-state index contributed by atoms with van der Waals surface area (Å²) in [5.41, 5.74) is 1.18. The number of nitrogens with zero attached hydrogens (tertiary/aromatic N) is 4. The molecular weight excluding hydrogens is 382 g/mol. The maximum atomic E-state index is 13.3. The largest absolute Gasteiger partial charge is 0.444 e. The maximum absolute atomic E-state index is 13.3. The van der Waals surface area contributed by atoms with E-state index in [4.69, 9.17) is 4.74 Å². The summed E-state index contributed by atoms with van der Waals surface area (Å²) in [5.74, 6) is 0.664. The summed E-state index contributed by atoms with van der Waals surface area (Å²) >= 11 is 0. The molecule has 0 spiro atoms. The van der Waals surface area contributed by atoms with Crippen LogP contribution in [-0.2, 0) is 4.74 Å². The van der Waals surface area contributed by atoms with Crippen molar-refractivity contribution in [3.8, 4) is 0 Å². The first-order chi connectivity index (χ1) is 14.3. The fourth-order valence-electron chi connectivity index (χ4n) is 3.68. The van der Waals surface area contributed by atoms with Crippen LogP contribution < -0.4 is 5.32 Å². The molecule has 3 heterocycles. The molecule has 0 bridgehead atoms. The lowest BCUT2D eigenvalue weighted by Crippen LogP contribution is -2.31. The van der Waals surface area contributed by atoms with Gasteiger partial charge in [0.25, 0.3) is 5.91 Å². The van der Waals surface area contributed by atoms with Crippen molar-refractivity contribution in [2.75, 3.05) is 11.9 Å². The first-order valence-electron chi connectivity index (χ1n) is 10.0. The van der Waals surface area contributed by atoms with Crippen LogP contribution >= 0.6 is 0 Å². The normalized spacial score (nSPS) is 16.6. The Kier molecular flexibility index (Phi) is 5.15. The third kappa shape index (κ3) is 4.12. The van der Waals surface area contributed by atoms with Gasteiger partial charge in [0.2, 0.25) is 0 Å². The van der Waals surface area contributed by atoms with Gasteiger partial charge in [0, 0.05) is 24.0 Å². The fourth-order valence-corrected chi connectivity index (χ4v) is 3.68. The summed E-state index contributed by atoms with van der Waals surface area (Å²) in [6.45, 7) is 6.05. The second-order valence-corrected chi connectivity index (χ2v) is 8.35. The van der Waals surface area contributed by atoms with Crippen LogP contribution in [0.15, 0.2) is 48.7 Å². The number of hydrogen-bond acceptors (Lipinski definition) is 5. The molecule has 4 rings (SSSR count). The highest BCUT2D eigenvalue weighted by Gasteiger charge is 2.33. The molecule has 0 radical (unpaired) electrons. The number of fused-ring (bicyclic) bond motifs is 1. The van der Waals surface area contributed by atoms with Crippen LogP contribution in [0.4, 0.5) is 10.5 Å². The van der Waals surface area contributed by atoms with E-state index in [1.54, 1.807) is 45.0 Å². The van der Waals surface area contributed by atoms with Gasteiger partial charge in [0.15, 0.2) is 11.5 Å². The van der Waals surface area contributed by atoms with E-state index in [1.807, 2.05) is 33.7 Å². The van der Waals surface area contributed by atoms with Crippen LogP contribution in [0, 0.1) is 0 Å². The fraction of sp³-hybridized carbons (Fsp3) is 0.364. The smallest absolute Gasteiger partial charge is 0.412 e. The lowest BCUT2D eigenvalue weighted by Gasteiger charge is -2.24. The summed E-state index contributed by atoms with van der Waals surface area (Å²) < 4.78 is 7.21. The second kappa shape index (κ2) is 7.78. The van der Waals surface area contributed by atoms with E-state index in [-0.39, 0.29) is 11.9 Å². The van der Waals surface area contributed by atoms with Crippen molar-refractivity contribution in [1.29, 1.82) is 0 Å². The molecule has 8 heteroatoms. The molecule has 1 fully saturated rings. The number of anilines is 1. The Balaban J connectivity index is 1.54. The van der Waals surface area contributed by atoms with Gasteiger partial charge in [-0.1, -0.05) is 12.1 Å². The molecule has 1 aromatic carbocycles. The second-order valence-electron chi connectivity index (χ2n) is 8.35. The summed E-state index contributed by atoms with van der Waals surface area (Å²) in [5, 5.41) is 11.2. The minimum absolute atomic E-state index is 0.0991. The van der Waals surface area contributed by atoms with E-state index in [1.165, 1.54) is 0 Å². The van der Waals surface area contributed by atoms with Gasteiger partial charge in [-0.15, -0.1) is 10.2 Å². The van der Waals surface area contributed by atoms with Crippen molar-refractivity contribution in [3.63, 3.8) is 0 Å². The SMILES string of the molecule is CC(C)(C)OC(=O)Nc1cccc(C(=O)N2CCC[C@H]2c2nnc3ccccn23)c1. The highest BCUT2D eigenvalue weighted by atomic mass is 16.6. The summed E-state index contributed by atoms with van der Waals surface area (Å²) in [4.78, 5) is 27.2. The van der Waals surface area contributed by atoms with Gasteiger partial charge < -0.3 is 9.64 Å². The van der Waals surface area contributed by atoms with Crippen molar-refractivity contribution in [2.24, 2.45) is 0 Å². The quantitative estimate of drug-likeness (QED) is 0.707. The standard InChI is InChI=1S/C22H25N5O3/c1-22(2,3)30-21(29)23-16-9-6-8-15(14-16)20(28)26-13-7-10-17(26)19-25-24-18-11-4-5-12-27(18)19/h4-6,8-9,11-12,14,17H,7,10,13H2,1-3H3,(H,23,29)/t17-/m0/s1. The Hall–Kier alpha value is -3.42. The van der Waals surface area contributed by atoms with Crippen molar-refractivity contribution in [2.45, 2.75) is 45.3 Å². The van der Waals surface area contributed by atoms with Crippen LogP contribution in [0.3, 0.4) is 0 Å². The van der Waals surface area contributed by atoms with Crippen LogP contribution in [0.5, 0.6) is 0 Å². The number of aromatic nitrogens is 3. The Labute approximate surface area is 174 Å². The number of carbonyl (C=O) groups excluding carboxylic acids is 2. The molecule has 1 saturated heterocycles. The van der Waals surface area contributed by atoms with E-state index in [0.717, 1.165) is 24.3 Å². The van der Waals surface area contributed by atoms with E-state index < -0.39 is 11.7 Å². The zero-order valence-corrected chi connectivity index (χ0v) is 17.3. The molecule has 1 aliphatic rings. The van der Waals surface area contributed by atoms with Crippen LogP contribution in [0.1, 0.15) is 55.8 Å². The molecule has 1 N–H and O–H groups in total. The predicted molar refractivity (Wildman–Crippen MR) is 112 cm³/mol. The molecule has 0 saturated carbocycles. The zero-order chi connectivity index (χ0) is 21.3. The number of nitrogens with one attached hydrogen (secondary N) is 1. The first kappa shape index (κ1) is 19.9. The zero-order valence-electron chi connectivity index (χ0n) is 17.3. The Morgan fingerprint density at radius 3 is 2.77 bits per heavy atom. The molecule has 30 heavy (non-hydrogen) atoms. The molecule has 1 atom stereocenters. The Morgan fingerprint density at radius 1 is 1.13 bits per heavy atom. The van der Waals surface area contributed by atoms with E-state index in [0.29, 0.717) is 17.8 Å². The number of likely N-dealkylation sites (tertiary alicyclic amines) is 1. The average molecular weight is 407 g/mol. The molecule has 0 unspecified atom stereocenters. The highest BCUT2D eigenvalue weighted by molar-refractivity contribution is 5.96. The minimum atomic E-state index is -0.596. The molecule has 0 aliphatic carbocycles. The summed E-state index contributed by atoms with van der Waals surface area (Å²) in [6.07, 6.45) is 3.09. The van der Waals surface area contributed by atoms with Gasteiger partial charge in [-0.25, -0.2) is 4.79 Å². The highest BCUT2D eigenvalue weighted by Crippen LogP contribution is 2.32. The monoisotopic (exact) mass is 407 g/mol. The van der Waals surface area contributed by atoms with Gasteiger partial charge in [-0.2, -0.15) is 0 Å². The van der Waals surface area contributed by atoms with Crippen LogP contribution in [-0.4, -0.2) is 43.6 Å². The number of carbonyl (C=O) groups is 2. The lowest BCUT2D eigenvalue weighted by molar-refractivity contribution is 0.0634. The molecule has 2 amide bonds. The molecule has 156 valence electrons. The number of ether oxygens (including phenoxy) is 1. The first-order valence-corrected chi connectivity index (χ1v) is 10.0. The molecule has 2 aromatic heterocycles. The maximum Gasteiger partial charge on any atom is 0.412 e. The number of rotatable bonds is 3. The van der Waals surface area contributed by atoms with Gasteiger partial charge in [0.05, 0.1) is 6.04 Å². The van der Waals surface area contributed by atoms with E-state index in [2.05, 4.69) is 15.5 Å². The number of amides is 2. The summed E-state index contributed by atoms with van der Waals surface area (Å²) in [6, 6.07) is 12.5. The number of benzene rings is 1. The molecule has 3 aromatic rings. The Morgan fingerprint density at radius 2 is 1.97 bits per heavy atom. The molecule has 1 aliphatic heterocycles. The van der Waals surface area contributed by atoms with E-state index in [9.17, 15) is 9.59 Å². The van der Waals surface area contributed by atoms with Crippen LogP contribution in [0.25, 0.3) is 5.65 Å². The minimum Gasteiger partial charge on any atom is -0.444 e. The topological polar surface area (TPSA) is 88.8 Å². The number of pyridine rings is 1. The van der Waals surface area contributed by atoms with Crippen molar-refractivity contribution < 1.29 is 14.3 Å². The molecular formula is C22H25N5O3. The van der Waals surface area contributed by atoms with Gasteiger partial charge in [-0.3, -0.25) is 14.5 Å². The van der Waals surface area contributed by atoms with Crippen LogP contribution in [0.2, 0.25) is 0 Å². The summed E-state index contributed by atoms with van der Waals surface area (Å²) in [7, 11) is 0. The van der Waals surface area contributed by atoms with Crippen molar-refractivity contribution >= 4 is 23.3 Å². The third-order valence-corrected chi connectivity index (χ3v) is 4.91. The molecule has 8 nitrogen and oxygen atoms in total. The third-order valence-electron chi connectivity index (χ3n) is 4.91. The predicted octanol–water partition coefficient (Wildman–Crippen LogP) is 4.05. The Bertz CT molecular complexity index is 1090. The van der Waals surface area contributed by atoms with Gasteiger partial charge in [0.1, 0.15) is 5.60 Å². The lowest BCUT2D eigenvalue weighted by atomic mass is 10.1. The number of hydrogen-bond donors (Lipinski definition) is 1. The van der Waals surface area contributed by atoms with Crippen molar-refractivity contribution in [1.82, 2.24) is 19.5 Å². The van der Waals surface area contributed by atoms with Gasteiger partial charge in [-0.05, 0) is 63.9 Å². The average Bonchev–Trinajstić information content (AvgIpc) is 3.32. The van der Waals surface area contributed by atoms with Gasteiger partial charge >= 0.3 is 6.09 Å². The van der Waals surface area contributed by atoms with Crippen molar-refractivity contribution in [3.05, 3.63) is 60.0 Å². The van der Waals surface area contributed by atoms with E-state index >= 15 is 0 Å².